The van der Waals surface area contributed by atoms with Crippen LogP contribution in [-0.2, 0) is 16.1 Å². The van der Waals surface area contributed by atoms with E-state index in [1.807, 2.05) is 0 Å². The van der Waals surface area contributed by atoms with Crippen molar-refractivity contribution in [2.75, 3.05) is 25.5 Å². The minimum Gasteiger partial charge on any atom is -0.465 e. The lowest BCUT2D eigenvalue weighted by atomic mass is 9.95. The molecule has 1 saturated heterocycles. The molecule has 5 nitrogen and oxygen atoms in total. The van der Waals surface area contributed by atoms with Crippen molar-refractivity contribution in [3.8, 4) is 0 Å². The fourth-order valence-electron chi connectivity index (χ4n) is 3.51. The Labute approximate surface area is 160 Å². The number of esters is 1. The van der Waals surface area contributed by atoms with E-state index < -0.39 is 5.97 Å². The van der Waals surface area contributed by atoms with Gasteiger partial charge in [-0.1, -0.05) is 35.9 Å². The molecule has 1 amide bonds. The maximum absolute atomic E-state index is 12.6. The van der Waals surface area contributed by atoms with E-state index in [0.29, 0.717) is 11.3 Å². The molecule has 0 bridgehead atoms. The number of hydrogen-bond acceptors (Lipinski definition) is 4. The maximum Gasteiger partial charge on any atom is 0.337 e. The van der Waals surface area contributed by atoms with Gasteiger partial charge in [0, 0.05) is 18.2 Å². The van der Waals surface area contributed by atoms with Gasteiger partial charge in [-0.15, -0.1) is 0 Å². The molecule has 0 unspecified atom stereocenters. The molecule has 1 aliphatic heterocycles. The third-order valence-corrected chi connectivity index (χ3v) is 5.00. The Morgan fingerprint density at radius 1 is 1.11 bits per heavy atom. The van der Waals surface area contributed by atoms with E-state index >= 15 is 0 Å². The number of benzene rings is 2. The van der Waals surface area contributed by atoms with Gasteiger partial charge >= 0.3 is 5.97 Å². The van der Waals surface area contributed by atoms with Crippen LogP contribution in [0, 0.1) is 12.8 Å². The normalized spacial score (nSPS) is 15.3. The minimum absolute atomic E-state index is 0.000502. The fourth-order valence-corrected chi connectivity index (χ4v) is 3.51. The van der Waals surface area contributed by atoms with Crippen molar-refractivity contribution in [3.05, 3.63) is 65.2 Å². The lowest BCUT2D eigenvalue weighted by Gasteiger charge is -2.31. The Morgan fingerprint density at radius 2 is 1.85 bits per heavy atom. The molecule has 0 aliphatic carbocycles. The second-order valence-electron chi connectivity index (χ2n) is 7.10. The monoisotopic (exact) mass is 366 g/mol. The van der Waals surface area contributed by atoms with Crippen molar-refractivity contribution < 1.29 is 14.3 Å². The Hall–Kier alpha value is -2.66. The van der Waals surface area contributed by atoms with Crippen LogP contribution in [0.4, 0.5) is 5.69 Å². The summed E-state index contributed by atoms with van der Waals surface area (Å²) in [5.74, 6) is -0.386. The number of carbonyl (C=O) groups is 2. The van der Waals surface area contributed by atoms with Gasteiger partial charge in [-0.05, 0) is 56.6 Å². The third kappa shape index (κ3) is 5.17. The van der Waals surface area contributed by atoms with Gasteiger partial charge < -0.3 is 10.1 Å². The number of ether oxygens (including phenoxy) is 1. The zero-order valence-corrected chi connectivity index (χ0v) is 15.9. The molecule has 0 spiro atoms. The molecule has 142 valence electrons. The van der Waals surface area contributed by atoms with Crippen LogP contribution in [-0.4, -0.2) is 37.0 Å². The van der Waals surface area contributed by atoms with Crippen molar-refractivity contribution in [2.24, 2.45) is 5.92 Å². The summed E-state index contributed by atoms with van der Waals surface area (Å²) in [7, 11) is 1.35. The summed E-state index contributed by atoms with van der Waals surface area (Å²) in [6.07, 6.45) is 1.68. The zero-order valence-electron chi connectivity index (χ0n) is 15.9. The number of piperidine rings is 1. The van der Waals surface area contributed by atoms with E-state index in [1.54, 1.807) is 24.3 Å². The average molecular weight is 366 g/mol. The maximum atomic E-state index is 12.6. The van der Waals surface area contributed by atoms with Crippen LogP contribution in [0.15, 0.2) is 48.5 Å². The molecule has 1 N–H and O–H groups in total. The Balaban J connectivity index is 1.52. The van der Waals surface area contributed by atoms with E-state index in [2.05, 4.69) is 41.4 Å². The highest BCUT2D eigenvalue weighted by molar-refractivity contribution is 5.95. The first-order valence-corrected chi connectivity index (χ1v) is 9.32. The fraction of sp³-hybridized carbons (Fsp3) is 0.364. The van der Waals surface area contributed by atoms with Gasteiger partial charge in [0.15, 0.2) is 0 Å². The molecule has 0 aromatic heterocycles. The Bertz CT molecular complexity index is 811. The van der Waals surface area contributed by atoms with Crippen molar-refractivity contribution in [2.45, 2.75) is 26.3 Å². The van der Waals surface area contributed by atoms with Gasteiger partial charge in [0.1, 0.15) is 0 Å². The topological polar surface area (TPSA) is 58.6 Å². The molecule has 0 radical (unpaired) electrons. The predicted molar refractivity (Wildman–Crippen MR) is 106 cm³/mol. The average Bonchev–Trinajstić information content (AvgIpc) is 2.68. The van der Waals surface area contributed by atoms with E-state index in [1.165, 1.54) is 18.2 Å². The number of amides is 1. The standard InChI is InChI=1S/C22H26N2O3/c1-16-5-3-6-17(13-16)15-24-11-9-18(10-12-24)21(25)23-20-8-4-7-19(14-20)22(26)27-2/h3-8,13-14,18H,9-12,15H2,1-2H3,(H,23,25). The Morgan fingerprint density at radius 3 is 2.56 bits per heavy atom. The van der Waals surface area contributed by atoms with Gasteiger partial charge in [-0.3, -0.25) is 9.69 Å². The number of anilines is 1. The molecule has 1 aliphatic rings. The second-order valence-corrected chi connectivity index (χ2v) is 7.10. The molecule has 2 aromatic carbocycles. The van der Waals surface area contributed by atoms with Crippen molar-refractivity contribution >= 4 is 17.6 Å². The summed E-state index contributed by atoms with van der Waals surface area (Å²) in [5, 5.41) is 2.94. The molecule has 0 saturated carbocycles. The highest BCUT2D eigenvalue weighted by Gasteiger charge is 2.25. The summed E-state index contributed by atoms with van der Waals surface area (Å²) in [6.45, 7) is 4.86. The quantitative estimate of drug-likeness (QED) is 0.821. The van der Waals surface area contributed by atoms with Crippen molar-refractivity contribution in [3.63, 3.8) is 0 Å². The molecule has 2 aromatic rings. The molecule has 5 heteroatoms. The van der Waals surface area contributed by atoms with Crippen LogP contribution in [0.3, 0.4) is 0 Å². The molecule has 1 heterocycles. The number of aryl methyl sites for hydroxylation is 1. The summed E-state index contributed by atoms with van der Waals surface area (Å²) < 4.78 is 4.72. The van der Waals surface area contributed by atoms with Gasteiger partial charge in [0.2, 0.25) is 5.91 Å². The smallest absolute Gasteiger partial charge is 0.337 e. The minimum atomic E-state index is -0.407. The van der Waals surface area contributed by atoms with Crippen LogP contribution in [0.25, 0.3) is 0 Å². The van der Waals surface area contributed by atoms with Crippen LogP contribution >= 0.6 is 0 Å². The number of nitrogens with zero attached hydrogens (tertiary/aromatic N) is 1. The van der Waals surface area contributed by atoms with Crippen LogP contribution in [0.1, 0.15) is 34.3 Å². The van der Waals surface area contributed by atoms with Gasteiger partial charge in [0.05, 0.1) is 12.7 Å². The van der Waals surface area contributed by atoms with Gasteiger partial charge in [-0.25, -0.2) is 4.79 Å². The van der Waals surface area contributed by atoms with E-state index in [-0.39, 0.29) is 11.8 Å². The number of nitrogens with one attached hydrogen (secondary N) is 1. The summed E-state index contributed by atoms with van der Waals surface area (Å²) >= 11 is 0. The lowest BCUT2D eigenvalue weighted by molar-refractivity contribution is -0.121. The summed E-state index contributed by atoms with van der Waals surface area (Å²) in [6, 6.07) is 15.4. The predicted octanol–water partition coefficient (Wildman–Crippen LogP) is 3.63. The van der Waals surface area contributed by atoms with E-state index in [9.17, 15) is 9.59 Å². The number of likely N-dealkylation sites (tertiary alicyclic amines) is 1. The first-order chi connectivity index (χ1) is 13.0. The molecular weight excluding hydrogens is 340 g/mol. The summed E-state index contributed by atoms with van der Waals surface area (Å²) in [4.78, 5) is 26.6. The van der Waals surface area contributed by atoms with E-state index in [0.717, 1.165) is 32.5 Å². The molecule has 1 fully saturated rings. The van der Waals surface area contributed by atoms with Crippen molar-refractivity contribution in [1.82, 2.24) is 4.90 Å². The zero-order chi connectivity index (χ0) is 19.2. The third-order valence-electron chi connectivity index (χ3n) is 5.00. The van der Waals surface area contributed by atoms with Crippen LogP contribution in [0.5, 0.6) is 0 Å². The van der Waals surface area contributed by atoms with Crippen LogP contribution < -0.4 is 5.32 Å². The Kier molecular flexibility index (Phi) is 6.24. The van der Waals surface area contributed by atoms with Crippen molar-refractivity contribution in [1.29, 1.82) is 0 Å². The number of hydrogen-bond donors (Lipinski definition) is 1. The van der Waals surface area contributed by atoms with E-state index in [4.69, 9.17) is 4.74 Å². The molecular formula is C22H26N2O3. The first-order valence-electron chi connectivity index (χ1n) is 9.32. The first kappa shape index (κ1) is 19.1. The molecule has 0 atom stereocenters. The number of carbonyl (C=O) groups excluding carboxylic acids is 2. The highest BCUT2D eigenvalue weighted by Crippen LogP contribution is 2.22. The SMILES string of the molecule is COC(=O)c1cccc(NC(=O)C2CCN(Cc3cccc(C)c3)CC2)c1. The second kappa shape index (κ2) is 8.82. The highest BCUT2D eigenvalue weighted by atomic mass is 16.5. The van der Waals surface area contributed by atoms with Crippen LogP contribution in [0.2, 0.25) is 0 Å². The lowest BCUT2D eigenvalue weighted by Crippen LogP contribution is -2.37. The van der Waals surface area contributed by atoms with Gasteiger partial charge in [0.25, 0.3) is 0 Å². The van der Waals surface area contributed by atoms with Gasteiger partial charge in [-0.2, -0.15) is 0 Å². The number of rotatable bonds is 5. The largest absolute Gasteiger partial charge is 0.465 e. The summed E-state index contributed by atoms with van der Waals surface area (Å²) in [5.41, 5.74) is 3.65. The molecule has 27 heavy (non-hydrogen) atoms. The molecule has 3 rings (SSSR count). The number of methoxy groups -OCH3 is 1.